The maximum absolute atomic E-state index is 13.7. The van der Waals surface area contributed by atoms with Crippen LogP contribution in [0, 0.1) is 12.0 Å². The number of benzene rings is 3. The summed E-state index contributed by atoms with van der Waals surface area (Å²) in [6, 6.07) is 3.41. The van der Waals surface area contributed by atoms with Crippen molar-refractivity contribution >= 4 is 75.6 Å². The Balaban J connectivity index is 0.00000506. The molecule has 0 fully saturated rings. The zero-order chi connectivity index (χ0) is 31.4. The van der Waals surface area contributed by atoms with Crippen molar-refractivity contribution in [2.45, 2.75) is 14.7 Å². The quantitative estimate of drug-likeness (QED) is 0.0598. The van der Waals surface area contributed by atoms with Gasteiger partial charge in [-0.25, -0.2) is 25.3 Å². The van der Waals surface area contributed by atoms with Gasteiger partial charge in [0.15, 0.2) is 5.82 Å². The molecule has 0 saturated heterocycles. The summed E-state index contributed by atoms with van der Waals surface area (Å²) in [6.07, 6.45) is -1.66. The van der Waals surface area contributed by atoms with Crippen molar-refractivity contribution in [2.75, 3.05) is 5.32 Å². The molecule has 26 heteroatoms. The van der Waals surface area contributed by atoms with E-state index in [1.54, 1.807) is 0 Å². The second-order valence-corrected chi connectivity index (χ2v) is 12.4. The molecule has 0 amide bonds. The van der Waals surface area contributed by atoms with E-state index < -0.39 is 107 Å². The molecule has 0 bridgehead atoms. The number of nitrogens with zero attached hydrogens (tertiary/aromatic N) is 4. The smallest absolute Gasteiger partial charge is 0.871 e. The maximum Gasteiger partial charge on any atom is 2.00 e. The first kappa shape index (κ1) is 45.4. The molecule has 1 N–H and O–H groups in total. The van der Waals surface area contributed by atoms with Crippen LogP contribution in [0.4, 0.5) is 31.7 Å². The number of azo groups is 1. The fourth-order valence-electron chi connectivity index (χ4n) is 3.36. The Hall–Kier alpha value is -0.601. The molecule has 1 aromatic heterocycles. The fourth-order valence-corrected chi connectivity index (χ4v) is 5.16. The SMILES string of the molecule is O=S(=O)([O-])c1cc(N=Nc2c(S(=O)(=O)[O-])cc3cc(S(=O)(=O)[O-])ccc3c2[O-])c([O-])c(Nc2nc(F)nc(F)c2Cl)c1.[Cu+2].[Na+].[Na+].[Na+]. The number of aromatic nitrogens is 2. The molecule has 0 aliphatic carbocycles. The molecule has 0 unspecified atom stereocenters. The summed E-state index contributed by atoms with van der Waals surface area (Å²) < 4.78 is 132. The molecule has 16 nitrogen and oxygen atoms in total. The Labute approximate surface area is 340 Å². The molecule has 231 valence electrons. The topological polar surface area (TPSA) is 280 Å². The van der Waals surface area contributed by atoms with Gasteiger partial charge in [0, 0.05) is 5.69 Å². The molecule has 1 heterocycles. The number of rotatable bonds is 7. The Morgan fingerprint density at radius 2 is 1.35 bits per heavy atom. The van der Waals surface area contributed by atoms with Gasteiger partial charge in [-0.15, -0.1) is 5.11 Å². The average molecular weight is 795 g/mol. The van der Waals surface area contributed by atoms with Crippen molar-refractivity contribution < 1.29 is 164 Å². The molecular weight excluding hydrogens is 788 g/mol. The summed E-state index contributed by atoms with van der Waals surface area (Å²) in [5.41, 5.74) is -3.20. The minimum Gasteiger partial charge on any atom is -0.871 e. The summed E-state index contributed by atoms with van der Waals surface area (Å²) >= 11 is 5.61. The van der Waals surface area contributed by atoms with Gasteiger partial charge >= 0.3 is 112 Å². The van der Waals surface area contributed by atoms with Crippen LogP contribution in [0.25, 0.3) is 10.8 Å². The van der Waals surface area contributed by atoms with E-state index in [0.717, 1.165) is 6.07 Å². The Morgan fingerprint density at radius 1 is 0.761 bits per heavy atom. The molecule has 46 heavy (non-hydrogen) atoms. The first-order valence-corrected chi connectivity index (χ1v) is 15.0. The van der Waals surface area contributed by atoms with Gasteiger partial charge in [-0.1, -0.05) is 29.2 Å². The molecule has 3 aromatic carbocycles. The number of nitrogens with one attached hydrogen (secondary N) is 1. The van der Waals surface area contributed by atoms with Crippen LogP contribution in [0.3, 0.4) is 0 Å². The minimum atomic E-state index is -5.57. The van der Waals surface area contributed by atoms with E-state index in [9.17, 15) is 57.9 Å². The summed E-state index contributed by atoms with van der Waals surface area (Å²) in [4.78, 5) is 2.38. The first-order chi connectivity index (χ1) is 19.3. The van der Waals surface area contributed by atoms with Crippen molar-refractivity contribution in [3.63, 3.8) is 0 Å². The van der Waals surface area contributed by atoms with E-state index in [1.165, 1.54) is 0 Å². The second-order valence-electron chi connectivity index (χ2n) is 7.89. The van der Waals surface area contributed by atoms with Gasteiger partial charge in [0.05, 0.1) is 26.1 Å². The molecule has 4 rings (SSSR count). The van der Waals surface area contributed by atoms with Crippen molar-refractivity contribution in [3.8, 4) is 11.5 Å². The molecule has 0 atom stereocenters. The van der Waals surface area contributed by atoms with Crippen molar-refractivity contribution in [3.05, 3.63) is 53.4 Å². The van der Waals surface area contributed by atoms with Gasteiger partial charge in [-0.05, 0) is 41.1 Å². The third kappa shape index (κ3) is 10.2. The number of fused-ring (bicyclic) bond motifs is 1. The van der Waals surface area contributed by atoms with E-state index in [-0.39, 0.29) is 106 Å². The predicted molar refractivity (Wildman–Crippen MR) is 128 cm³/mol. The second kappa shape index (κ2) is 16.9. The average Bonchev–Trinajstić information content (AvgIpc) is 2.86. The number of hydrogen-bond acceptors (Lipinski definition) is 16. The first-order valence-electron chi connectivity index (χ1n) is 10.3. The van der Waals surface area contributed by atoms with Crippen molar-refractivity contribution in [1.29, 1.82) is 0 Å². The van der Waals surface area contributed by atoms with Crippen LogP contribution < -0.4 is 104 Å². The van der Waals surface area contributed by atoms with Crippen LogP contribution in [0.2, 0.25) is 5.02 Å². The fraction of sp³-hybridized carbons (Fsp3) is 0. The van der Waals surface area contributed by atoms with Gasteiger partial charge in [0.25, 0.3) is 0 Å². The van der Waals surface area contributed by atoms with Crippen LogP contribution in [-0.4, -0.2) is 48.9 Å². The predicted octanol–water partition coefficient (Wildman–Crippen LogP) is -7.41. The normalized spacial score (nSPS) is 11.6. The van der Waals surface area contributed by atoms with Gasteiger partial charge in [0.1, 0.15) is 35.4 Å². The Bertz CT molecular complexity index is 2190. The van der Waals surface area contributed by atoms with E-state index in [1.807, 2.05) is 5.32 Å². The third-order valence-electron chi connectivity index (χ3n) is 5.19. The van der Waals surface area contributed by atoms with Gasteiger partial charge in [-0.3, -0.25) is 0 Å². The number of hydrogen-bond donors (Lipinski definition) is 1. The van der Waals surface area contributed by atoms with Crippen LogP contribution in [0.5, 0.6) is 11.5 Å². The Morgan fingerprint density at radius 3 is 1.89 bits per heavy atom. The minimum absolute atomic E-state index is 0. The molecule has 0 aliphatic heterocycles. The molecule has 0 aliphatic rings. The molecular formula is C20H7ClCuF2N5Na3O11S3. The monoisotopic (exact) mass is 794 g/mol. The maximum atomic E-state index is 13.7. The van der Waals surface area contributed by atoms with Crippen LogP contribution in [0.1, 0.15) is 0 Å². The largest absolute Gasteiger partial charge is 2.00 e. The van der Waals surface area contributed by atoms with E-state index in [0.29, 0.717) is 30.3 Å². The van der Waals surface area contributed by atoms with Crippen molar-refractivity contribution in [2.24, 2.45) is 10.2 Å². The third-order valence-corrected chi connectivity index (χ3v) is 8.02. The standard InChI is InChI=1S/C20H12ClF2N5O11S3.Cu.3Na/c21-14-18(22)25-20(23)26-19(14)24-11-5-9(41(34,35)36)6-12(17(11)30)27-28-15-13(42(37,38)39)4-7-3-8(40(31,32)33)1-2-10(7)16(15)29;;;;/h1-6,29-30H,(H,24,25,26)(H,31,32,33)(H,34,35,36)(H,37,38,39);;;;/q;+2;3*+1/p-5. The molecule has 1 radical (unpaired) electrons. The van der Waals surface area contributed by atoms with Gasteiger partial charge in [-0.2, -0.15) is 23.9 Å². The van der Waals surface area contributed by atoms with Gasteiger partial charge in [0.2, 0.25) is 5.95 Å². The summed E-state index contributed by atoms with van der Waals surface area (Å²) in [7, 11) is -16.0. The van der Waals surface area contributed by atoms with Gasteiger partial charge < -0.3 is 29.2 Å². The molecule has 4 aromatic rings. The van der Waals surface area contributed by atoms with Crippen LogP contribution in [0.15, 0.2) is 61.3 Å². The zero-order valence-electron chi connectivity index (χ0n) is 22.9. The number of anilines is 2. The van der Waals surface area contributed by atoms with E-state index in [2.05, 4.69) is 20.2 Å². The number of halogens is 3. The van der Waals surface area contributed by atoms with E-state index in [4.69, 9.17) is 11.6 Å². The summed E-state index contributed by atoms with van der Waals surface area (Å²) in [5.74, 6) is -5.18. The molecule has 0 spiro atoms. The summed E-state index contributed by atoms with van der Waals surface area (Å²) in [5, 5.41) is 32.6. The van der Waals surface area contributed by atoms with Crippen molar-refractivity contribution in [1.82, 2.24) is 9.97 Å². The Kier molecular flexibility index (Phi) is 16.7. The summed E-state index contributed by atoms with van der Waals surface area (Å²) in [6.45, 7) is 0. The zero-order valence-corrected chi connectivity index (χ0v) is 33.1. The van der Waals surface area contributed by atoms with Crippen LogP contribution in [-0.2, 0) is 47.4 Å². The van der Waals surface area contributed by atoms with Crippen LogP contribution >= 0.6 is 11.6 Å². The molecule has 0 saturated carbocycles. The van der Waals surface area contributed by atoms with E-state index >= 15 is 0 Å².